The van der Waals surface area contributed by atoms with Crippen molar-refractivity contribution < 1.29 is 18.8 Å². The van der Waals surface area contributed by atoms with Crippen LogP contribution < -0.4 is 9.82 Å². The Morgan fingerprint density at radius 3 is 2.25 bits per heavy atom. The Bertz CT molecular complexity index is 448. The minimum atomic E-state index is -2.13. The van der Waals surface area contributed by atoms with Crippen LogP contribution in [-0.4, -0.2) is 24.0 Å². The number of ether oxygens (including phenoxy) is 2. The van der Waals surface area contributed by atoms with Gasteiger partial charge in [-0.15, -0.1) is 0 Å². The molecule has 2 atom stereocenters. The van der Waals surface area contributed by atoms with Crippen molar-refractivity contribution >= 4 is 13.9 Å². The molecule has 0 aliphatic heterocycles. The number of para-hydroxylation sites is 1. The van der Waals surface area contributed by atoms with E-state index in [0.717, 1.165) is 0 Å². The second-order valence-corrected chi connectivity index (χ2v) is 7.13. The molecule has 20 heavy (non-hydrogen) atoms. The van der Waals surface area contributed by atoms with Gasteiger partial charge in [-0.2, -0.15) is 0 Å². The zero-order valence-electron chi connectivity index (χ0n) is 12.3. The van der Waals surface area contributed by atoms with Gasteiger partial charge in [-0.1, -0.05) is 32.0 Å². The number of carbonyl (C=O) groups is 1. The fraction of sp³-hybridized carbons (Fsp3) is 0.500. The molecule has 0 aliphatic rings. The second kappa shape index (κ2) is 8.08. The molecular weight excluding hydrogens is 277 g/mol. The van der Waals surface area contributed by atoms with Crippen molar-refractivity contribution in [3.8, 4) is 5.75 Å². The van der Waals surface area contributed by atoms with Gasteiger partial charge in [-0.25, -0.2) is 9.88 Å². The zero-order chi connectivity index (χ0) is 15.1. The third-order valence-corrected chi connectivity index (χ3v) is 3.96. The monoisotopic (exact) mass is 299 g/mol. The molecule has 0 spiro atoms. The average molecular weight is 299 g/mol. The average Bonchev–Trinajstić information content (AvgIpc) is 2.38. The van der Waals surface area contributed by atoms with Gasteiger partial charge < -0.3 is 14.0 Å². The predicted molar refractivity (Wildman–Crippen MR) is 79.4 cm³/mol. The molecule has 1 rings (SSSR count). The summed E-state index contributed by atoms with van der Waals surface area (Å²) in [5, 5.41) is 2.72. The Labute approximate surface area is 120 Å². The highest BCUT2D eigenvalue weighted by atomic mass is 31.1. The molecule has 0 radical (unpaired) electrons. The Morgan fingerprint density at radius 1 is 1.15 bits per heavy atom. The molecule has 6 heteroatoms. The summed E-state index contributed by atoms with van der Waals surface area (Å²) in [7, 11) is -2.13. The first-order valence-corrected chi connectivity index (χ1v) is 8.11. The zero-order valence-corrected chi connectivity index (χ0v) is 13.3. The highest BCUT2D eigenvalue weighted by molar-refractivity contribution is 7.43. The summed E-state index contributed by atoms with van der Waals surface area (Å²) in [6.45, 7) is 7.15. The number of hydrogen-bond donors (Lipinski definition) is 1. The van der Waals surface area contributed by atoms with E-state index in [9.17, 15) is 9.36 Å². The van der Waals surface area contributed by atoms with E-state index >= 15 is 0 Å². The molecule has 112 valence electrons. The summed E-state index contributed by atoms with van der Waals surface area (Å²) < 4.78 is 22.6. The highest BCUT2D eigenvalue weighted by Gasteiger charge is 2.25. The van der Waals surface area contributed by atoms with Crippen molar-refractivity contribution in [2.75, 3.05) is 0 Å². The van der Waals surface area contributed by atoms with Crippen molar-refractivity contribution in [3.05, 3.63) is 30.3 Å². The number of carbonyl (C=O) groups excluding carboxylic acids is 1. The first kappa shape index (κ1) is 16.7. The smallest absolute Gasteiger partial charge is 0.363 e. The van der Waals surface area contributed by atoms with Crippen LogP contribution in [0, 0.1) is 0 Å². The first-order chi connectivity index (χ1) is 9.40. The normalized spacial score (nSPS) is 14.1. The maximum atomic E-state index is 12.0. The maximum Gasteiger partial charge on any atom is 0.363 e. The number of esters is 1. The highest BCUT2D eigenvalue weighted by Crippen LogP contribution is 2.24. The number of benzene rings is 1. The third-order valence-electron chi connectivity index (χ3n) is 2.36. The van der Waals surface area contributed by atoms with Gasteiger partial charge in [-0.05, 0) is 26.0 Å². The van der Waals surface area contributed by atoms with Crippen molar-refractivity contribution in [3.63, 3.8) is 0 Å². The predicted octanol–water partition coefficient (Wildman–Crippen LogP) is 2.82. The fourth-order valence-corrected chi connectivity index (χ4v) is 2.13. The van der Waals surface area contributed by atoms with Crippen LogP contribution >= 0.6 is 7.95 Å². The SMILES string of the molecule is CC(C)OC(=O)[C@@H](N[PH](=O)C(C)C)Oc1ccccc1. The van der Waals surface area contributed by atoms with E-state index in [1.165, 1.54) is 0 Å². The molecule has 0 heterocycles. The molecule has 0 saturated heterocycles. The minimum Gasteiger partial charge on any atom is -0.464 e. The molecule has 1 N–H and O–H groups in total. The summed E-state index contributed by atoms with van der Waals surface area (Å²) in [5.74, 6) is -0.0490. The molecule has 1 aromatic carbocycles. The van der Waals surface area contributed by atoms with Crippen molar-refractivity contribution in [2.24, 2.45) is 0 Å². The van der Waals surface area contributed by atoms with Gasteiger partial charge in [-0.3, -0.25) is 0 Å². The molecule has 1 unspecified atom stereocenters. The van der Waals surface area contributed by atoms with Gasteiger partial charge in [0, 0.05) is 5.66 Å². The maximum absolute atomic E-state index is 12.0. The lowest BCUT2D eigenvalue weighted by atomic mass is 10.3. The van der Waals surface area contributed by atoms with E-state index in [-0.39, 0.29) is 11.8 Å². The van der Waals surface area contributed by atoms with Gasteiger partial charge in [0.1, 0.15) is 13.7 Å². The molecule has 0 fully saturated rings. The second-order valence-electron chi connectivity index (χ2n) is 4.96. The van der Waals surface area contributed by atoms with Crippen molar-refractivity contribution in [1.82, 2.24) is 5.09 Å². The topological polar surface area (TPSA) is 64.6 Å². The van der Waals surface area contributed by atoms with Crippen LogP contribution in [0.2, 0.25) is 0 Å². The molecular formula is C14H22NO4P. The van der Waals surface area contributed by atoms with Crippen molar-refractivity contribution in [2.45, 2.75) is 45.7 Å². The van der Waals surface area contributed by atoms with Crippen LogP contribution in [0.3, 0.4) is 0 Å². The van der Waals surface area contributed by atoms with Crippen LogP contribution in [0.25, 0.3) is 0 Å². The van der Waals surface area contributed by atoms with Crippen LogP contribution in [0.1, 0.15) is 27.7 Å². The molecule has 0 amide bonds. The van der Waals surface area contributed by atoms with Gasteiger partial charge in [0.05, 0.1) is 6.10 Å². The van der Waals surface area contributed by atoms with E-state index in [4.69, 9.17) is 9.47 Å². The summed E-state index contributed by atoms with van der Waals surface area (Å²) in [4.78, 5) is 12.0. The van der Waals surface area contributed by atoms with Crippen LogP contribution in [-0.2, 0) is 14.1 Å². The van der Waals surface area contributed by atoms with E-state index in [0.29, 0.717) is 5.75 Å². The summed E-state index contributed by atoms with van der Waals surface area (Å²) in [6, 6.07) is 8.89. The molecule has 1 aromatic rings. The van der Waals surface area contributed by atoms with E-state index < -0.39 is 20.1 Å². The van der Waals surface area contributed by atoms with Crippen LogP contribution in [0.5, 0.6) is 5.75 Å². The molecule has 5 nitrogen and oxygen atoms in total. The quantitative estimate of drug-likeness (QED) is 0.476. The number of rotatable bonds is 7. The fourth-order valence-electron chi connectivity index (χ4n) is 1.36. The summed E-state index contributed by atoms with van der Waals surface area (Å²) >= 11 is 0. The van der Waals surface area contributed by atoms with Crippen LogP contribution in [0.15, 0.2) is 30.3 Å². The molecule has 0 aliphatic carbocycles. The standard InChI is InChI=1S/C14H22NO4P/c1-10(2)18-14(16)13(15-20(17)11(3)4)19-12-8-6-5-7-9-12/h5-11,13,20H,1-4H3,(H,15,17)/t13-/m0/s1. The molecule has 0 saturated carbocycles. The lowest BCUT2D eigenvalue weighted by molar-refractivity contribution is -0.156. The van der Waals surface area contributed by atoms with Gasteiger partial charge in [0.15, 0.2) is 0 Å². The summed E-state index contributed by atoms with van der Waals surface area (Å²) in [6.07, 6.45) is -1.32. The van der Waals surface area contributed by atoms with E-state index in [2.05, 4.69) is 5.09 Å². The number of hydrogen-bond acceptors (Lipinski definition) is 4. The lowest BCUT2D eigenvalue weighted by Gasteiger charge is -2.21. The van der Waals surface area contributed by atoms with Crippen LogP contribution in [0.4, 0.5) is 0 Å². The lowest BCUT2D eigenvalue weighted by Crippen LogP contribution is -2.40. The Balaban J connectivity index is 2.78. The Hall–Kier alpha value is -1.32. The molecule has 0 aromatic heterocycles. The van der Waals surface area contributed by atoms with Gasteiger partial charge >= 0.3 is 5.97 Å². The minimum absolute atomic E-state index is 0.0614. The number of nitrogens with one attached hydrogen (secondary N) is 1. The van der Waals surface area contributed by atoms with E-state index in [1.807, 2.05) is 19.9 Å². The molecule has 0 bridgehead atoms. The largest absolute Gasteiger partial charge is 0.464 e. The Kier molecular flexibility index (Phi) is 6.76. The first-order valence-electron chi connectivity index (χ1n) is 6.62. The Morgan fingerprint density at radius 2 is 1.75 bits per heavy atom. The van der Waals surface area contributed by atoms with Gasteiger partial charge in [0.25, 0.3) is 6.23 Å². The van der Waals surface area contributed by atoms with Crippen molar-refractivity contribution in [1.29, 1.82) is 0 Å². The third kappa shape index (κ3) is 5.76. The van der Waals surface area contributed by atoms with Gasteiger partial charge in [0.2, 0.25) is 0 Å². The van der Waals surface area contributed by atoms with E-state index in [1.54, 1.807) is 38.1 Å². The summed E-state index contributed by atoms with van der Waals surface area (Å²) in [5.41, 5.74) is -0.0614.